The van der Waals surface area contributed by atoms with E-state index in [0.29, 0.717) is 24.4 Å². The number of nitrogens with zero attached hydrogens (tertiary/aromatic N) is 2. The maximum Gasteiger partial charge on any atom is 0.317 e. The number of ether oxygens (including phenoxy) is 1. The summed E-state index contributed by atoms with van der Waals surface area (Å²) in [5.41, 5.74) is 0.952. The first-order chi connectivity index (χ1) is 12.1. The number of aromatic nitrogens is 1. The zero-order valence-corrected chi connectivity index (χ0v) is 15.5. The molecule has 2 saturated carbocycles. The SMILES string of the molecule is CC1CCCC(N(C)C(=O)NCc2cccnc2OC2CCCC2)C1. The van der Waals surface area contributed by atoms with Crippen LogP contribution < -0.4 is 10.1 Å². The largest absolute Gasteiger partial charge is 0.474 e. The second-order valence-electron chi connectivity index (χ2n) is 7.69. The zero-order valence-electron chi connectivity index (χ0n) is 15.5. The molecule has 1 N–H and O–H groups in total. The summed E-state index contributed by atoms with van der Waals surface area (Å²) in [6, 6.07) is 4.23. The van der Waals surface area contributed by atoms with Crippen LogP contribution in [0.5, 0.6) is 5.88 Å². The maximum absolute atomic E-state index is 12.5. The number of urea groups is 1. The third-order valence-electron chi connectivity index (χ3n) is 5.64. The van der Waals surface area contributed by atoms with Crippen molar-refractivity contribution in [3.63, 3.8) is 0 Å². The normalized spacial score (nSPS) is 24.1. The highest BCUT2D eigenvalue weighted by atomic mass is 16.5. The first-order valence-corrected chi connectivity index (χ1v) is 9.74. The van der Waals surface area contributed by atoms with Gasteiger partial charge in [0, 0.05) is 31.4 Å². The minimum atomic E-state index is -0.00484. The second kappa shape index (κ2) is 8.54. The van der Waals surface area contributed by atoms with E-state index in [2.05, 4.69) is 17.2 Å². The van der Waals surface area contributed by atoms with Crippen LogP contribution in [0.1, 0.15) is 63.9 Å². The quantitative estimate of drug-likeness (QED) is 0.873. The van der Waals surface area contributed by atoms with Crippen molar-refractivity contribution in [1.29, 1.82) is 0 Å². The maximum atomic E-state index is 12.5. The van der Waals surface area contributed by atoms with Crippen molar-refractivity contribution in [2.24, 2.45) is 5.92 Å². The van der Waals surface area contributed by atoms with Crippen molar-refractivity contribution >= 4 is 6.03 Å². The summed E-state index contributed by atoms with van der Waals surface area (Å²) in [4.78, 5) is 18.8. The highest BCUT2D eigenvalue weighted by Gasteiger charge is 2.25. The van der Waals surface area contributed by atoms with Gasteiger partial charge in [-0.1, -0.05) is 25.8 Å². The number of nitrogens with one attached hydrogen (secondary N) is 1. The fourth-order valence-corrected chi connectivity index (χ4v) is 4.04. The molecular formula is C20H31N3O2. The van der Waals surface area contributed by atoms with Gasteiger partial charge in [-0.15, -0.1) is 0 Å². The van der Waals surface area contributed by atoms with E-state index in [1.54, 1.807) is 6.20 Å². The molecular weight excluding hydrogens is 314 g/mol. The topological polar surface area (TPSA) is 54.5 Å². The van der Waals surface area contributed by atoms with Gasteiger partial charge < -0.3 is 15.0 Å². The van der Waals surface area contributed by atoms with Crippen molar-refractivity contribution in [3.8, 4) is 5.88 Å². The summed E-state index contributed by atoms with van der Waals surface area (Å²) < 4.78 is 6.05. The molecule has 138 valence electrons. The molecule has 0 radical (unpaired) electrons. The van der Waals surface area contributed by atoms with Gasteiger partial charge >= 0.3 is 6.03 Å². The zero-order chi connectivity index (χ0) is 17.6. The van der Waals surface area contributed by atoms with Crippen LogP contribution in [0.15, 0.2) is 18.3 Å². The number of hydrogen-bond donors (Lipinski definition) is 1. The fourth-order valence-electron chi connectivity index (χ4n) is 4.04. The Bertz CT molecular complexity index is 572. The van der Waals surface area contributed by atoms with Gasteiger partial charge in [0.25, 0.3) is 0 Å². The summed E-state index contributed by atoms with van der Waals surface area (Å²) in [6.07, 6.45) is 11.4. The first kappa shape index (κ1) is 18.0. The van der Waals surface area contributed by atoms with Crippen LogP contribution >= 0.6 is 0 Å². The highest BCUT2D eigenvalue weighted by Crippen LogP contribution is 2.27. The molecule has 2 atom stereocenters. The Morgan fingerprint density at radius 2 is 2.08 bits per heavy atom. The fraction of sp³-hybridized carbons (Fsp3) is 0.700. The number of carbonyl (C=O) groups excluding carboxylic acids is 1. The van der Waals surface area contributed by atoms with Gasteiger partial charge in [0.2, 0.25) is 5.88 Å². The number of rotatable bonds is 5. The van der Waals surface area contributed by atoms with Crippen LogP contribution in [-0.4, -0.2) is 35.1 Å². The van der Waals surface area contributed by atoms with Gasteiger partial charge in [-0.2, -0.15) is 0 Å². The van der Waals surface area contributed by atoms with Crippen molar-refractivity contribution in [1.82, 2.24) is 15.2 Å². The molecule has 2 aliphatic rings. The molecule has 1 aromatic heterocycles. The molecule has 0 bridgehead atoms. The average Bonchev–Trinajstić information content (AvgIpc) is 3.13. The third kappa shape index (κ3) is 4.86. The molecule has 25 heavy (non-hydrogen) atoms. The van der Waals surface area contributed by atoms with Gasteiger partial charge in [-0.05, 0) is 50.5 Å². The van der Waals surface area contributed by atoms with Crippen molar-refractivity contribution < 1.29 is 9.53 Å². The average molecular weight is 345 g/mol. The van der Waals surface area contributed by atoms with Crippen molar-refractivity contribution in [2.45, 2.75) is 77.0 Å². The Morgan fingerprint density at radius 3 is 2.84 bits per heavy atom. The molecule has 0 spiro atoms. The first-order valence-electron chi connectivity index (χ1n) is 9.74. The lowest BCUT2D eigenvalue weighted by Gasteiger charge is -2.34. The van der Waals surface area contributed by atoms with Gasteiger partial charge in [0.1, 0.15) is 6.10 Å². The van der Waals surface area contributed by atoms with Gasteiger partial charge in [-0.25, -0.2) is 9.78 Å². The predicted molar refractivity (Wildman–Crippen MR) is 98.5 cm³/mol. The lowest BCUT2D eigenvalue weighted by Crippen LogP contribution is -2.45. The molecule has 2 fully saturated rings. The third-order valence-corrected chi connectivity index (χ3v) is 5.64. The van der Waals surface area contributed by atoms with E-state index < -0.39 is 0 Å². The standard InChI is InChI=1S/C20H31N3O2/c1-15-7-5-9-17(13-15)23(2)20(24)22-14-16-8-6-12-21-19(16)25-18-10-3-4-11-18/h6,8,12,15,17-18H,3-5,7,9-11,13-14H2,1-2H3,(H,22,24). The number of amides is 2. The molecule has 2 aliphatic carbocycles. The molecule has 3 rings (SSSR count). The van der Waals surface area contributed by atoms with Crippen LogP contribution in [0, 0.1) is 5.92 Å². The monoisotopic (exact) mass is 345 g/mol. The van der Waals surface area contributed by atoms with Crippen LogP contribution in [-0.2, 0) is 6.54 Å². The molecule has 5 heteroatoms. The van der Waals surface area contributed by atoms with E-state index in [1.807, 2.05) is 24.1 Å². The minimum Gasteiger partial charge on any atom is -0.474 e. The Kier molecular flexibility index (Phi) is 6.16. The molecule has 0 aliphatic heterocycles. The summed E-state index contributed by atoms with van der Waals surface area (Å²) in [5.74, 6) is 1.38. The molecule has 0 saturated heterocycles. The second-order valence-corrected chi connectivity index (χ2v) is 7.69. The minimum absolute atomic E-state index is 0.00484. The summed E-state index contributed by atoms with van der Waals surface area (Å²) >= 11 is 0. The predicted octanol–water partition coefficient (Wildman–Crippen LogP) is 4.12. The molecule has 2 unspecified atom stereocenters. The molecule has 5 nitrogen and oxygen atoms in total. The molecule has 1 aromatic rings. The van der Waals surface area contributed by atoms with E-state index in [0.717, 1.165) is 31.2 Å². The Labute approximate surface area is 151 Å². The molecule has 2 amide bonds. The van der Waals surface area contributed by atoms with Crippen LogP contribution in [0.2, 0.25) is 0 Å². The summed E-state index contributed by atoms with van der Waals surface area (Å²) in [6.45, 7) is 2.74. The lowest BCUT2D eigenvalue weighted by atomic mass is 9.86. The van der Waals surface area contributed by atoms with Gasteiger partial charge in [0.05, 0.1) is 0 Å². The number of carbonyl (C=O) groups is 1. The van der Waals surface area contributed by atoms with E-state index in [-0.39, 0.29) is 12.1 Å². The Hall–Kier alpha value is -1.78. The smallest absolute Gasteiger partial charge is 0.317 e. The van der Waals surface area contributed by atoms with Gasteiger partial charge in [-0.3, -0.25) is 0 Å². The Morgan fingerprint density at radius 1 is 1.28 bits per heavy atom. The van der Waals surface area contributed by atoms with E-state index in [1.165, 1.54) is 25.7 Å². The van der Waals surface area contributed by atoms with Crippen LogP contribution in [0.4, 0.5) is 4.79 Å². The number of pyridine rings is 1. The number of hydrogen-bond acceptors (Lipinski definition) is 3. The Balaban J connectivity index is 1.54. The van der Waals surface area contributed by atoms with Crippen molar-refractivity contribution in [2.75, 3.05) is 7.05 Å². The van der Waals surface area contributed by atoms with Crippen LogP contribution in [0.3, 0.4) is 0 Å². The van der Waals surface area contributed by atoms with E-state index in [9.17, 15) is 4.79 Å². The van der Waals surface area contributed by atoms with Gasteiger partial charge in [0.15, 0.2) is 0 Å². The van der Waals surface area contributed by atoms with E-state index in [4.69, 9.17) is 4.74 Å². The lowest BCUT2D eigenvalue weighted by molar-refractivity contribution is 0.159. The van der Waals surface area contributed by atoms with E-state index >= 15 is 0 Å². The van der Waals surface area contributed by atoms with Crippen LogP contribution in [0.25, 0.3) is 0 Å². The van der Waals surface area contributed by atoms with Crippen molar-refractivity contribution in [3.05, 3.63) is 23.9 Å². The summed E-state index contributed by atoms with van der Waals surface area (Å²) in [5, 5.41) is 3.04. The summed E-state index contributed by atoms with van der Waals surface area (Å²) in [7, 11) is 1.91. The molecule has 1 heterocycles. The molecule has 0 aromatic carbocycles. The highest BCUT2D eigenvalue weighted by molar-refractivity contribution is 5.74.